The number of rotatable bonds is 3. The van der Waals surface area contributed by atoms with Crippen LogP contribution in [-0.4, -0.2) is 24.5 Å². The van der Waals surface area contributed by atoms with Gasteiger partial charge in [0.1, 0.15) is 0 Å². The van der Waals surface area contributed by atoms with Gasteiger partial charge in [0.05, 0.1) is 5.88 Å². The van der Waals surface area contributed by atoms with Crippen molar-refractivity contribution in [1.29, 1.82) is 0 Å². The average molecular weight is 214 g/mol. The van der Waals surface area contributed by atoms with Crippen molar-refractivity contribution in [2.24, 2.45) is 0 Å². The molecule has 0 saturated carbocycles. The van der Waals surface area contributed by atoms with Crippen LogP contribution < -0.4 is 0 Å². The first kappa shape index (κ1) is 11.9. The lowest BCUT2D eigenvalue weighted by atomic mass is 10.6. The Kier molecular flexibility index (Phi) is 3.67. The Hall–Kier alpha value is -0.140. The van der Waals surface area contributed by atoms with Crippen LogP contribution >= 0.6 is 11.6 Å². The van der Waals surface area contributed by atoms with E-state index in [1.54, 1.807) is 0 Å². The van der Waals surface area contributed by atoms with Crippen LogP contribution in [0.2, 0.25) is 0 Å². The van der Waals surface area contributed by atoms with Crippen molar-refractivity contribution in [3.8, 4) is 0 Å². The largest absolute Gasteiger partial charge is 0.483 e. The first-order valence-corrected chi connectivity index (χ1v) is 3.08. The fourth-order valence-corrected chi connectivity index (χ4v) is 0.326. The van der Waals surface area contributed by atoms with Crippen LogP contribution in [-0.2, 0) is 9.84 Å². The Bertz CT molecular complexity index is 147. The molecule has 1 radical (unpaired) electrons. The molecule has 1 unspecified atom stereocenters. The summed E-state index contributed by atoms with van der Waals surface area (Å²) < 4.78 is 60.1. The lowest BCUT2D eigenvalue weighted by molar-refractivity contribution is -0.422. The minimum absolute atomic E-state index is 0.980. The summed E-state index contributed by atoms with van der Waals surface area (Å²) in [5.74, 6) is -0.980. The molecule has 0 aliphatic rings. The zero-order valence-electron chi connectivity index (χ0n) is 5.37. The Labute approximate surface area is 68.9 Å². The first-order valence-electron chi connectivity index (χ1n) is 2.55. The van der Waals surface area contributed by atoms with Crippen LogP contribution in [0, 0.1) is 0 Å². The minimum Gasteiger partial charge on any atom is -0.279 e. The molecule has 2 nitrogen and oxygen atoms in total. The molecule has 0 bridgehead atoms. The van der Waals surface area contributed by atoms with E-state index in [1.807, 2.05) is 0 Å². The fraction of sp³-hybridized carbons (Fsp3) is 1.00. The molecule has 0 amide bonds. The van der Waals surface area contributed by atoms with E-state index >= 15 is 0 Å². The quantitative estimate of drug-likeness (QED) is 0.401. The number of ether oxygens (including phenoxy) is 1. The van der Waals surface area contributed by atoms with Crippen LogP contribution in [0.4, 0.5) is 22.0 Å². The van der Waals surface area contributed by atoms with E-state index in [4.69, 9.17) is 0 Å². The Balaban J connectivity index is 4.22. The topological polar surface area (TPSA) is 29.1 Å². The molecule has 0 spiro atoms. The van der Waals surface area contributed by atoms with Gasteiger partial charge in [-0.2, -0.15) is 22.0 Å². The first-order chi connectivity index (χ1) is 5.20. The summed E-state index contributed by atoms with van der Waals surface area (Å²) in [4.78, 5) is 0. The molecule has 8 heteroatoms. The van der Waals surface area contributed by atoms with Gasteiger partial charge in [-0.15, -0.1) is 11.6 Å². The highest BCUT2D eigenvalue weighted by molar-refractivity contribution is 6.18. The van der Waals surface area contributed by atoms with Crippen molar-refractivity contribution in [3.63, 3.8) is 0 Å². The molecule has 0 heterocycles. The van der Waals surface area contributed by atoms with Gasteiger partial charge in [0.2, 0.25) is 6.29 Å². The van der Waals surface area contributed by atoms with Crippen LogP contribution in [0.5, 0.6) is 0 Å². The zero-order valence-corrected chi connectivity index (χ0v) is 6.12. The van der Waals surface area contributed by atoms with Gasteiger partial charge in [0.25, 0.3) is 0 Å². The average Bonchev–Trinajstić information content (AvgIpc) is 1.84. The Morgan fingerprint density at radius 3 is 1.92 bits per heavy atom. The number of hydrogen-bond donors (Lipinski definition) is 0. The molecule has 0 aromatic rings. The lowest BCUT2D eigenvalue weighted by Gasteiger charge is -2.20. The summed E-state index contributed by atoms with van der Waals surface area (Å²) in [6.07, 6.45) is -13.9. The zero-order chi connectivity index (χ0) is 9.99. The smallest absolute Gasteiger partial charge is 0.279 e. The SMILES string of the molecule is [O]C(CCl)OC(F)(F)C(F)(F)F. The number of alkyl halides is 6. The van der Waals surface area contributed by atoms with Gasteiger partial charge in [-0.25, -0.2) is 5.11 Å². The second kappa shape index (κ2) is 3.71. The molecular formula is C4H3ClF5O2. The van der Waals surface area contributed by atoms with Crippen molar-refractivity contribution in [2.75, 3.05) is 5.88 Å². The number of halogens is 6. The summed E-state index contributed by atoms with van der Waals surface area (Å²) in [5, 5.41) is 10.0. The van der Waals surface area contributed by atoms with Gasteiger partial charge in [0.15, 0.2) is 0 Å². The van der Waals surface area contributed by atoms with E-state index in [0.717, 1.165) is 0 Å². The Morgan fingerprint density at radius 2 is 1.67 bits per heavy atom. The van der Waals surface area contributed by atoms with Gasteiger partial charge in [-0.1, -0.05) is 0 Å². The van der Waals surface area contributed by atoms with E-state index in [1.165, 1.54) is 0 Å². The van der Waals surface area contributed by atoms with Crippen molar-refractivity contribution in [1.82, 2.24) is 0 Å². The summed E-state index contributed by atoms with van der Waals surface area (Å²) in [5.41, 5.74) is 0. The molecule has 1 atom stereocenters. The molecule has 0 aliphatic carbocycles. The predicted octanol–water partition coefficient (Wildman–Crippen LogP) is 2.15. The van der Waals surface area contributed by atoms with Gasteiger partial charge in [0, 0.05) is 0 Å². The lowest BCUT2D eigenvalue weighted by Crippen LogP contribution is -2.42. The van der Waals surface area contributed by atoms with Crippen LogP contribution in [0.1, 0.15) is 0 Å². The molecule has 0 saturated heterocycles. The Morgan fingerprint density at radius 1 is 1.25 bits per heavy atom. The molecule has 0 aromatic heterocycles. The van der Waals surface area contributed by atoms with E-state index in [2.05, 4.69) is 16.3 Å². The molecule has 0 aliphatic heterocycles. The second-order valence-corrected chi connectivity index (χ2v) is 2.02. The highest BCUT2D eigenvalue weighted by Crippen LogP contribution is 2.36. The fourth-order valence-electron chi connectivity index (χ4n) is 0.263. The molecular weight excluding hydrogens is 210 g/mol. The van der Waals surface area contributed by atoms with Crippen LogP contribution in [0.3, 0.4) is 0 Å². The third kappa shape index (κ3) is 3.08. The minimum atomic E-state index is -5.89. The molecule has 12 heavy (non-hydrogen) atoms. The van der Waals surface area contributed by atoms with E-state index in [0.29, 0.717) is 0 Å². The maximum atomic E-state index is 11.8. The van der Waals surface area contributed by atoms with E-state index < -0.39 is 24.5 Å². The monoisotopic (exact) mass is 213 g/mol. The van der Waals surface area contributed by atoms with E-state index in [-0.39, 0.29) is 0 Å². The molecule has 0 aromatic carbocycles. The molecule has 0 fully saturated rings. The summed E-state index contributed by atoms with van der Waals surface area (Å²) in [6, 6.07) is 0. The van der Waals surface area contributed by atoms with Crippen molar-refractivity contribution < 1.29 is 31.8 Å². The van der Waals surface area contributed by atoms with E-state index in [9.17, 15) is 27.1 Å². The third-order valence-corrected chi connectivity index (χ3v) is 0.987. The normalized spacial score (nSPS) is 16.2. The standard InChI is InChI=1S/C4H3ClF5O2/c5-1-2(11)12-4(9,10)3(6,7)8/h2H,1H2. The maximum absolute atomic E-state index is 11.8. The van der Waals surface area contributed by atoms with Crippen molar-refractivity contribution in [2.45, 2.75) is 18.6 Å². The second-order valence-electron chi connectivity index (χ2n) is 1.72. The maximum Gasteiger partial charge on any atom is 0.483 e. The molecule has 0 N–H and O–H groups in total. The summed E-state index contributed by atoms with van der Waals surface area (Å²) >= 11 is 4.67. The van der Waals surface area contributed by atoms with Gasteiger partial charge in [-0.05, 0) is 0 Å². The highest BCUT2D eigenvalue weighted by Gasteiger charge is 2.60. The van der Waals surface area contributed by atoms with Crippen LogP contribution in [0.15, 0.2) is 0 Å². The van der Waals surface area contributed by atoms with Gasteiger partial charge < -0.3 is 0 Å². The summed E-state index contributed by atoms with van der Waals surface area (Å²) in [6.45, 7) is 0. The van der Waals surface area contributed by atoms with Gasteiger partial charge >= 0.3 is 12.3 Å². The number of hydrogen-bond acceptors (Lipinski definition) is 1. The molecule has 73 valence electrons. The third-order valence-electron chi connectivity index (χ3n) is 0.735. The molecule has 0 rings (SSSR count). The predicted molar refractivity (Wildman–Crippen MR) is 27.3 cm³/mol. The van der Waals surface area contributed by atoms with Crippen molar-refractivity contribution >= 4 is 11.6 Å². The van der Waals surface area contributed by atoms with Crippen molar-refractivity contribution in [3.05, 3.63) is 0 Å². The summed E-state index contributed by atoms with van der Waals surface area (Å²) in [7, 11) is 0. The van der Waals surface area contributed by atoms with Gasteiger partial charge in [-0.3, -0.25) is 4.74 Å². The van der Waals surface area contributed by atoms with Crippen LogP contribution in [0.25, 0.3) is 0 Å². The highest BCUT2D eigenvalue weighted by atomic mass is 35.5.